The monoisotopic (exact) mass is 339 g/mol. The lowest BCUT2D eigenvalue weighted by Gasteiger charge is -2.07. The first kappa shape index (κ1) is 18.3. The number of amides is 1. The number of benzene rings is 1. The second-order valence-corrected chi connectivity index (χ2v) is 5.44. The minimum Gasteiger partial charge on any atom is -0.465 e. The molecule has 0 atom stereocenters. The summed E-state index contributed by atoms with van der Waals surface area (Å²) in [7, 11) is 0. The lowest BCUT2D eigenvalue weighted by Crippen LogP contribution is -2.23. The third-order valence-electron chi connectivity index (χ3n) is 3.86. The summed E-state index contributed by atoms with van der Waals surface area (Å²) in [5.74, 6) is -0.738. The summed E-state index contributed by atoms with van der Waals surface area (Å²) in [6, 6.07) is 9.51. The first-order valence-corrected chi connectivity index (χ1v) is 8.16. The van der Waals surface area contributed by atoms with Gasteiger partial charge in [-0.2, -0.15) is 5.26 Å². The highest BCUT2D eigenvalue weighted by Gasteiger charge is 2.17. The molecule has 0 bridgehead atoms. The van der Waals surface area contributed by atoms with Gasteiger partial charge in [-0.3, -0.25) is 9.59 Å². The number of nitriles is 1. The number of carbonyl (C=O) groups excluding carboxylic acids is 2. The summed E-state index contributed by atoms with van der Waals surface area (Å²) in [6.45, 7) is 6.26. The molecular weight excluding hydrogens is 318 g/mol. The van der Waals surface area contributed by atoms with E-state index in [2.05, 4.69) is 5.32 Å². The second kappa shape index (κ2) is 8.15. The lowest BCUT2D eigenvalue weighted by atomic mass is 10.1. The van der Waals surface area contributed by atoms with E-state index in [1.807, 2.05) is 41.8 Å². The van der Waals surface area contributed by atoms with Gasteiger partial charge < -0.3 is 14.6 Å². The first-order chi connectivity index (χ1) is 12.0. The number of hydrogen-bond donors (Lipinski definition) is 1. The van der Waals surface area contributed by atoms with Crippen LogP contribution in [0.1, 0.15) is 25.1 Å². The Morgan fingerprint density at radius 3 is 2.68 bits per heavy atom. The van der Waals surface area contributed by atoms with Crippen molar-refractivity contribution in [2.75, 3.05) is 13.2 Å². The molecule has 1 heterocycles. The maximum Gasteiger partial charge on any atom is 0.325 e. The number of nitrogens with one attached hydrogen (secondary N) is 1. The van der Waals surface area contributed by atoms with Crippen molar-refractivity contribution >= 4 is 28.9 Å². The average Bonchev–Trinajstić information content (AvgIpc) is 2.85. The normalized spacial score (nSPS) is 11.2. The average molecular weight is 339 g/mol. The van der Waals surface area contributed by atoms with E-state index in [0.29, 0.717) is 13.2 Å². The highest BCUT2D eigenvalue weighted by molar-refractivity contribution is 6.04. The predicted octanol–water partition coefficient (Wildman–Crippen LogP) is 2.56. The lowest BCUT2D eigenvalue weighted by molar-refractivity contribution is -0.143. The molecule has 1 aromatic carbocycles. The van der Waals surface area contributed by atoms with E-state index in [-0.39, 0.29) is 18.1 Å². The van der Waals surface area contributed by atoms with Crippen LogP contribution in [-0.2, 0) is 20.9 Å². The molecule has 130 valence electrons. The largest absolute Gasteiger partial charge is 0.465 e. The van der Waals surface area contributed by atoms with Crippen molar-refractivity contribution in [1.29, 1.82) is 5.26 Å². The summed E-state index contributed by atoms with van der Waals surface area (Å²) in [4.78, 5) is 23.9. The Kier molecular flexibility index (Phi) is 5.96. The van der Waals surface area contributed by atoms with Crippen LogP contribution in [0.15, 0.2) is 29.8 Å². The van der Waals surface area contributed by atoms with Crippen molar-refractivity contribution in [3.63, 3.8) is 0 Å². The molecule has 1 N–H and O–H groups in total. The van der Waals surface area contributed by atoms with Crippen LogP contribution < -0.4 is 5.32 Å². The SMILES string of the molecule is CCNC(=O)/C(C#N)=C/c1c(C)n(CC(=O)OCC)c2ccccc12. The van der Waals surface area contributed by atoms with E-state index in [1.165, 1.54) is 0 Å². The summed E-state index contributed by atoms with van der Waals surface area (Å²) in [6.07, 6.45) is 1.57. The highest BCUT2D eigenvalue weighted by Crippen LogP contribution is 2.28. The number of fused-ring (bicyclic) bond motifs is 1. The van der Waals surface area contributed by atoms with Gasteiger partial charge in [0, 0.05) is 28.7 Å². The van der Waals surface area contributed by atoms with Crippen molar-refractivity contribution in [2.24, 2.45) is 0 Å². The van der Waals surface area contributed by atoms with Crippen LogP contribution in [0.25, 0.3) is 17.0 Å². The molecule has 0 aliphatic rings. The number of likely N-dealkylation sites (N-methyl/N-ethyl adjacent to an activating group) is 1. The Balaban J connectivity index is 2.58. The fraction of sp³-hybridized carbons (Fsp3) is 0.316. The molecule has 0 saturated carbocycles. The maximum absolute atomic E-state index is 12.0. The van der Waals surface area contributed by atoms with Gasteiger partial charge in [-0.25, -0.2) is 0 Å². The van der Waals surface area contributed by atoms with Crippen molar-refractivity contribution in [3.05, 3.63) is 41.1 Å². The number of ether oxygens (including phenoxy) is 1. The third-order valence-corrected chi connectivity index (χ3v) is 3.86. The zero-order chi connectivity index (χ0) is 18.4. The van der Waals surface area contributed by atoms with E-state index < -0.39 is 5.91 Å². The molecule has 6 nitrogen and oxygen atoms in total. The van der Waals surface area contributed by atoms with Gasteiger partial charge in [-0.05, 0) is 32.9 Å². The number of carbonyl (C=O) groups is 2. The van der Waals surface area contributed by atoms with Crippen LogP contribution in [0.3, 0.4) is 0 Å². The summed E-state index contributed by atoms with van der Waals surface area (Å²) in [5.41, 5.74) is 2.44. The molecule has 1 amide bonds. The molecule has 0 aliphatic carbocycles. The molecule has 2 aromatic rings. The third kappa shape index (κ3) is 3.89. The van der Waals surface area contributed by atoms with Crippen molar-refractivity contribution < 1.29 is 14.3 Å². The maximum atomic E-state index is 12.0. The minimum absolute atomic E-state index is 0.0315. The number of nitrogens with zero attached hydrogens (tertiary/aromatic N) is 2. The van der Waals surface area contributed by atoms with Gasteiger partial charge in [0.2, 0.25) is 0 Å². The van der Waals surface area contributed by atoms with Crippen LogP contribution in [0.4, 0.5) is 0 Å². The van der Waals surface area contributed by atoms with Crippen LogP contribution in [0.2, 0.25) is 0 Å². The van der Waals surface area contributed by atoms with Gasteiger partial charge in [0.25, 0.3) is 5.91 Å². The first-order valence-electron chi connectivity index (χ1n) is 8.16. The molecule has 1 aromatic heterocycles. The molecule has 0 unspecified atom stereocenters. The fourth-order valence-electron chi connectivity index (χ4n) is 2.73. The van der Waals surface area contributed by atoms with Gasteiger partial charge in [0.1, 0.15) is 18.2 Å². The molecule has 2 rings (SSSR count). The zero-order valence-electron chi connectivity index (χ0n) is 14.6. The van der Waals surface area contributed by atoms with Crippen molar-refractivity contribution in [2.45, 2.75) is 27.3 Å². The van der Waals surface area contributed by atoms with Crippen molar-refractivity contribution in [3.8, 4) is 6.07 Å². The standard InChI is InChI=1S/C19H21N3O3/c1-4-21-19(24)14(11-20)10-16-13(3)22(12-18(23)25-5-2)17-9-7-6-8-15(16)17/h6-10H,4-5,12H2,1-3H3,(H,21,24)/b14-10+. The van der Waals surface area contributed by atoms with E-state index in [9.17, 15) is 14.9 Å². The Bertz CT molecular complexity index is 872. The van der Waals surface area contributed by atoms with Crippen LogP contribution in [-0.4, -0.2) is 29.6 Å². The van der Waals surface area contributed by atoms with E-state index in [4.69, 9.17) is 4.74 Å². The number of para-hydroxylation sites is 1. The number of hydrogen-bond acceptors (Lipinski definition) is 4. The minimum atomic E-state index is -0.411. The van der Waals surface area contributed by atoms with Gasteiger partial charge >= 0.3 is 5.97 Å². The smallest absolute Gasteiger partial charge is 0.325 e. The van der Waals surface area contributed by atoms with Gasteiger partial charge in [-0.1, -0.05) is 18.2 Å². The molecule has 25 heavy (non-hydrogen) atoms. The van der Waals surface area contributed by atoms with Crippen LogP contribution >= 0.6 is 0 Å². The van der Waals surface area contributed by atoms with Crippen molar-refractivity contribution in [1.82, 2.24) is 9.88 Å². The predicted molar refractivity (Wildman–Crippen MR) is 95.6 cm³/mol. The van der Waals surface area contributed by atoms with E-state index in [0.717, 1.165) is 22.2 Å². The zero-order valence-corrected chi connectivity index (χ0v) is 14.6. The Hall–Kier alpha value is -3.07. The fourth-order valence-corrected chi connectivity index (χ4v) is 2.73. The molecule has 0 fully saturated rings. The number of esters is 1. The molecule has 0 spiro atoms. The summed E-state index contributed by atoms with van der Waals surface area (Å²) >= 11 is 0. The Labute approximate surface area is 146 Å². The Morgan fingerprint density at radius 1 is 1.32 bits per heavy atom. The number of rotatable bonds is 6. The van der Waals surface area contributed by atoms with Gasteiger partial charge in [-0.15, -0.1) is 0 Å². The molecule has 6 heteroatoms. The van der Waals surface area contributed by atoms with Gasteiger partial charge in [0.15, 0.2) is 0 Å². The topological polar surface area (TPSA) is 84.1 Å². The molecular formula is C19H21N3O3. The van der Waals surface area contributed by atoms with E-state index >= 15 is 0 Å². The molecule has 0 radical (unpaired) electrons. The van der Waals surface area contributed by atoms with Crippen LogP contribution in [0, 0.1) is 18.3 Å². The molecule has 0 saturated heterocycles. The highest BCUT2D eigenvalue weighted by atomic mass is 16.5. The van der Waals surface area contributed by atoms with Gasteiger partial charge in [0.05, 0.1) is 6.61 Å². The number of aromatic nitrogens is 1. The quantitative estimate of drug-likeness (QED) is 0.498. The second-order valence-electron chi connectivity index (χ2n) is 5.44. The van der Waals surface area contributed by atoms with Crippen LogP contribution in [0.5, 0.6) is 0 Å². The Morgan fingerprint density at radius 2 is 2.04 bits per heavy atom. The molecule has 0 aliphatic heterocycles. The summed E-state index contributed by atoms with van der Waals surface area (Å²) in [5, 5.41) is 12.8. The summed E-state index contributed by atoms with van der Waals surface area (Å²) < 4.78 is 6.88. The van der Waals surface area contributed by atoms with E-state index in [1.54, 1.807) is 19.9 Å².